The van der Waals surface area contributed by atoms with Gasteiger partial charge in [-0.25, -0.2) is 0 Å². The second-order valence-corrected chi connectivity index (χ2v) is 7.59. The summed E-state index contributed by atoms with van der Waals surface area (Å²) in [5.41, 5.74) is 0.797. The fraction of sp³-hybridized carbons (Fsp3) is 0.500. The van der Waals surface area contributed by atoms with Gasteiger partial charge in [0.2, 0.25) is 5.91 Å². The van der Waals surface area contributed by atoms with E-state index < -0.39 is 11.7 Å². The number of benzene rings is 1. The highest BCUT2D eigenvalue weighted by Crippen LogP contribution is 2.29. The van der Waals surface area contributed by atoms with Crippen molar-refractivity contribution < 1.29 is 22.7 Å². The lowest BCUT2D eigenvalue weighted by atomic mass is 10.1. The largest absolute Gasteiger partial charge is 0.416 e. The van der Waals surface area contributed by atoms with Crippen LogP contribution in [0.3, 0.4) is 0 Å². The molecule has 2 aromatic rings. The van der Waals surface area contributed by atoms with Gasteiger partial charge in [0.1, 0.15) is 0 Å². The van der Waals surface area contributed by atoms with Crippen LogP contribution in [0.2, 0.25) is 0 Å². The number of rotatable bonds is 10. The van der Waals surface area contributed by atoms with Crippen LogP contribution in [0.25, 0.3) is 0 Å². The van der Waals surface area contributed by atoms with Crippen LogP contribution in [0.4, 0.5) is 13.2 Å². The molecule has 0 aliphatic carbocycles. The van der Waals surface area contributed by atoms with Gasteiger partial charge in [-0.3, -0.25) is 4.79 Å². The van der Waals surface area contributed by atoms with Crippen molar-refractivity contribution in [2.75, 3.05) is 20.3 Å². The Kier molecular flexibility index (Phi) is 8.32. The first-order valence-electron chi connectivity index (χ1n) is 9.77. The first-order chi connectivity index (χ1) is 13.7. The third-order valence-corrected chi connectivity index (χ3v) is 4.60. The number of alkyl halides is 3. The Morgan fingerprint density at radius 2 is 1.97 bits per heavy atom. The van der Waals surface area contributed by atoms with Crippen molar-refractivity contribution in [3.05, 3.63) is 59.4 Å². The maximum atomic E-state index is 13.0. The van der Waals surface area contributed by atoms with E-state index in [0.717, 1.165) is 18.2 Å². The molecule has 0 atom stereocenters. The predicted octanol–water partition coefficient (Wildman–Crippen LogP) is 4.97. The summed E-state index contributed by atoms with van der Waals surface area (Å²) in [7, 11) is 1.63. The zero-order valence-electron chi connectivity index (χ0n) is 17.2. The third-order valence-electron chi connectivity index (χ3n) is 4.60. The maximum absolute atomic E-state index is 13.0. The van der Waals surface area contributed by atoms with E-state index in [-0.39, 0.29) is 11.8 Å². The smallest absolute Gasteiger partial charge is 0.385 e. The summed E-state index contributed by atoms with van der Waals surface area (Å²) < 4.78 is 45.9. The van der Waals surface area contributed by atoms with Gasteiger partial charge in [-0.1, -0.05) is 26.0 Å². The molecule has 0 aliphatic rings. The molecule has 0 bridgehead atoms. The van der Waals surface area contributed by atoms with Gasteiger partial charge in [0.25, 0.3) is 0 Å². The molecule has 0 radical (unpaired) electrons. The van der Waals surface area contributed by atoms with Gasteiger partial charge in [0.05, 0.1) is 12.1 Å². The molecule has 1 aromatic carbocycles. The monoisotopic (exact) mass is 410 g/mol. The fourth-order valence-electron chi connectivity index (χ4n) is 3.16. The van der Waals surface area contributed by atoms with Crippen LogP contribution in [0, 0.1) is 5.92 Å². The average molecular weight is 410 g/mol. The van der Waals surface area contributed by atoms with Crippen molar-refractivity contribution in [2.24, 2.45) is 5.92 Å². The Labute approximate surface area is 170 Å². The molecule has 1 heterocycles. The topological polar surface area (TPSA) is 34.5 Å². The highest BCUT2D eigenvalue weighted by atomic mass is 19.4. The minimum Gasteiger partial charge on any atom is -0.385 e. The molecule has 0 saturated heterocycles. The lowest BCUT2D eigenvalue weighted by molar-refractivity contribution is -0.137. The minimum atomic E-state index is -4.36. The molecular weight excluding hydrogens is 381 g/mol. The van der Waals surface area contributed by atoms with Crippen LogP contribution in [0.5, 0.6) is 0 Å². The Hall–Kier alpha value is -2.28. The van der Waals surface area contributed by atoms with Gasteiger partial charge in [0, 0.05) is 45.1 Å². The number of amides is 1. The molecule has 1 amide bonds. The van der Waals surface area contributed by atoms with Crippen LogP contribution in [-0.4, -0.2) is 35.6 Å². The number of nitrogens with zero attached hydrogens (tertiary/aromatic N) is 2. The van der Waals surface area contributed by atoms with Crippen LogP contribution in [0.1, 0.15) is 43.5 Å². The molecule has 0 fully saturated rings. The number of hydrogen-bond acceptors (Lipinski definition) is 2. The van der Waals surface area contributed by atoms with Gasteiger partial charge in [-0.05, 0) is 42.2 Å². The molecule has 0 N–H and O–H groups in total. The number of carbonyl (C=O) groups is 1. The summed E-state index contributed by atoms with van der Waals surface area (Å²) in [5.74, 6) is 0.326. The first-order valence-corrected chi connectivity index (χ1v) is 9.77. The second kappa shape index (κ2) is 10.5. The van der Waals surface area contributed by atoms with Crippen LogP contribution >= 0.6 is 0 Å². The highest BCUT2D eigenvalue weighted by molar-refractivity contribution is 5.76. The van der Waals surface area contributed by atoms with Crippen molar-refractivity contribution in [2.45, 2.75) is 46.0 Å². The number of methoxy groups -OCH3 is 1. The zero-order valence-corrected chi connectivity index (χ0v) is 17.2. The van der Waals surface area contributed by atoms with Gasteiger partial charge in [-0.15, -0.1) is 0 Å². The van der Waals surface area contributed by atoms with Gasteiger partial charge >= 0.3 is 6.18 Å². The molecule has 160 valence electrons. The van der Waals surface area contributed by atoms with E-state index in [9.17, 15) is 18.0 Å². The second-order valence-electron chi connectivity index (χ2n) is 7.59. The molecule has 7 heteroatoms. The van der Waals surface area contributed by atoms with Gasteiger partial charge in [-0.2, -0.15) is 13.2 Å². The van der Waals surface area contributed by atoms with Crippen molar-refractivity contribution in [3.63, 3.8) is 0 Å². The average Bonchev–Trinajstić information content (AvgIpc) is 3.06. The lowest BCUT2D eigenvalue weighted by Crippen LogP contribution is -2.33. The zero-order chi connectivity index (χ0) is 21.4. The van der Waals surface area contributed by atoms with E-state index in [4.69, 9.17) is 4.74 Å². The molecule has 2 rings (SSSR count). The Morgan fingerprint density at radius 1 is 1.21 bits per heavy atom. The molecule has 0 unspecified atom stereocenters. The van der Waals surface area contributed by atoms with Crippen LogP contribution < -0.4 is 0 Å². The van der Waals surface area contributed by atoms with E-state index in [1.807, 2.05) is 36.7 Å². The quantitative estimate of drug-likeness (QED) is 0.519. The number of carbonyl (C=O) groups excluding carboxylic acids is 1. The number of hydrogen-bond donors (Lipinski definition) is 0. The van der Waals surface area contributed by atoms with Crippen molar-refractivity contribution in [1.82, 2.24) is 9.47 Å². The minimum absolute atomic E-state index is 0.0721. The van der Waals surface area contributed by atoms with Gasteiger partial charge < -0.3 is 14.2 Å². The molecular formula is C22H29F3N2O2. The summed E-state index contributed by atoms with van der Waals surface area (Å²) in [6.45, 7) is 5.88. The third kappa shape index (κ3) is 7.24. The van der Waals surface area contributed by atoms with E-state index >= 15 is 0 Å². The van der Waals surface area contributed by atoms with Crippen molar-refractivity contribution in [3.8, 4) is 0 Å². The molecule has 29 heavy (non-hydrogen) atoms. The summed E-state index contributed by atoms with van der Waals surface area (Å²) in [6, 6.07) is 9.10. The standard InChI is InChI=1S/C22H29F3N2O2/c1-17(2)13-21(28)27(11-6-12-29-3)16-20-9-5-10-26(20)15-18-7-4-8-19(14-18)22(23,24)25/h4-5,7-10,14,17H,6,11-13,15-16H2,1-3H3. The summed E-state index contributed by atoms with van der Waals surface area (Å²) in [5, 5.41) is 0. The number of halogens is 3. The van der Waals surface area contributed by atoms with Crippen LogP contribution in [0.15, 0.2) is 42.6 Å². The summed E-state index contributed by atoms with van der Waals surface area (Å²) in [4.78, 5) is 14.5. The van der Waals surface area contributed by atoms with Crippen LogP contribution in [-0.2, 0) is 28.8 Å². The van der Waals surface area contributed by atoms with E-state index in [2.05, 4.69) is 0 Å². The lowest BCUT2D eigenvalue weighted by Gasteiger charge is -2.24. The highest BCUT2D eigenvalue weighted by Gasteiger charge is 2.30. The first kappa shape index (κ1) is 23.0. The number of ether oxygens (including phenoxy) is 1. The Balaban J connectivity index is 2.15. The van der Waals surface area contributed by atoms with Gasteiger partial charge in [0.15, 0.2) is 0 Å². The number of aromatic nitrogens is 1. The van der Waals surface area contributed by atoms with E-state index in [1.165, 1.54) is 12.1 Å². The van der Waals surface area contributed by atoms with Crippen molar-refractivity contribution in [1.29, 1.82) is 0 Å². The molecule has 0 saturated carbocycles. The maximum Gasteiger partial charge on any atom is 0.416 e. The fourth-order valence-corrected chi connectivity index (χ4v) is 3.16. The SMILES string of the molecule is COCCCN(Cc1cccn1Cc1cccc(C(F)(F)F)c1)C(=O)CC(C)C. The normalized spacial score (nSPS) is 11.8. The van der Waals surface area contributed by atoms with Crippen molar-refractivity contribution >= 4 is 5.91 Å². The summed E-state index contributed by atoms with van der Waals surface area (Å²) >= 11 is 0. The van der Waals surface area contributed by atoms with E-state index in [1.54, 1.807) is 18.1 Å². The Bertz CT molecular complexity index is 784. The Morgan fingerprint density at radius 3 is 2.62 bits per heavy atom. The summed E-state index contributed by atoms with van der Waals surface area (Å²) in [6.07, 6.45) is -1.34. The molecule has 1 aromatic heterocycles. The molecule has 0 aliphatic heterocycles. The molecule has 4 nitrogen and oxygen atoms in total. The van der Waals surface area contributed by atoms with E-state index in [0.29, 0.717) is 38.2 Å². The predicted molar refractivity (Wildman–Crippen MR) is 106 cm³/mol. The molecule has 0 spiro atoms.